The highest BCUT2D eigenvalue weighted by atomic mass is 16.6. The molecule has 150 valence electrons. The number of aliphatic hydroxyl groups excluding tert-OH is 2. The number of nitrogens with two attached hydrogens (primary N) is 1. The summed E-state index contributed by atoms with van der Waals surface area (Å²) in [6.07, 6.45) is 6.58. The van der Waals surface area contributed by atoms with Crippen molar-refractivity contribution in [1.29, 1.82) is 0 Å². The van der Waals surface area contributed by atoms with Gasteiger partial charge in [0.15, 0.2) is 17.2 Å². The van der Waals surface area contributed by atoms with Gasteiger partial charge in [-0.3, -0.25) is 4.57 Å². The predicted molar refractivity (Wildman–Crippen MR) is 99.8 cm³/mol. The lowest BCUT2D eigenvalue weighted by Crippen LogP contribution is -2.46. The number of methoxy groups -OCH3 is 1. The number of aromatic nitrogens is 4. The average Bonchev–Trinajstić information content (AvgIpc) is 3.22. The van der Waals surface area contributed by atoms with E-state index >= 15 is 0 Å². The normalized spacial score (nSPS) is 28.2. The first-order valence-corrected chi connectivity index (χ1v) is 9.52. The topological polar surface area (TPSA) is 129 Å². The van der Waals surface area contributed by atoms with Gasteiger partial charge in [0.25, 0.3) is 0 Å². The van der Waals surface area contributed by atoms with Crippen molar-refractivity contribution < 1.29 is 19.7 Å². The Morgan fingerprint density at radius 2 is 2.04 bits per heavy atom. The van der Waals surface area contributed by atoms with E-state index in [-0.39, 0.29) is 12.4 Å². The van der Waals surface area contributed by atoms with Crippen molar-refractivity contribution in [2.75, 3.05) is 19.5 Å². The minimum absolute atomic E-state index is 0.281. The molecule has 0 bridgehead atoms. The van der Waals surface area contributed by atoms with Crippen LogP contribution < -0.4 is 5.73 Å². The van der Waals surface area contributed by atoms with Crippen LogP contribution in [0.1, 0.15) is 45.4 Å². The number of hydrogen-bond acceptors (Lipinski definition) is 8. The van der Waals surface area contributed by atoms with Crippen molar-refractivity contribution in [2.45, 2.75) is 69.5 Å². The van der Waals surface area contributed by atoms with Crippen LogP contribution in [0.25, 0.3) is 11.2 Å². The molecule has 4 N–H and O–H groups in total. The number of hydrogen-bond donors (Lipinski definition) is 3. The maximum absolute atomic E-state index is 10.6. The zero-order valence-corrected chi connectivity index (χ0v) is 15.9. The van der Waals surface area contributed by atoms with E-state index in [0.717, 1.165) is 25.7 Å². The lowest BCUT2D eigenvalue weighted by Gasteiger charge is -2.35. The summed E-state index contributed by atoms with van der Waals surface area (Å²) in [7, 11) is 1.53. The molecule has 4 atom stereocenters. The van der Waals surface area contributed by atoms with Gasteiger partial charge in [-0.1, -0.05) is 32.6 Å². The van der Waals surface area contributed by atoms with Crippen molar-refractivity contribution in [2.24, 2.45) is 0 Å². The molecule has 2 aromatic rings. The van der Waals surface area contributed by atoms with Crippen LogP contribution in [-0.4, -0.2) is 61.8 Å². The molecule has 1 aliphatic rings. The Hall–Kier alpha value is -1.81. The highest BCUT2D eigenvalue weighted by Crippen LogP contribution is 2.42. The van der Waals surface area contributed by atoms with Crippen LogP contribution in [0.15, 0.2) is 12.7 Å². The zero-order valence-electron chi connectivity index (χ0n) is 15.9. The van der Waals surface area contributed by atoms with Gasteiger partial charge in [0.1, 0.15) is 30.2 Å². The molecule has 27 heavy (non-hydrogen) atoms. The second-order valence-electron chi connectivity index (χ2n) is 7.04. The van der Waals surface area contributed by atoms with E-state index in [4.69, 9.17) is 15.2 Å². The third kappa shape index (κ3) is 3.52. The van der Waals surface area contributed by atoms with Gasteiger partial charge < -0.3 is 25.4 Å². The molecular formula is C18H29N5O4. The minimum atomic E-state index is -1.02. The monoisotopic (exact) mass is 379 g/mol. The van der Waals surface area contributed by atoms with Crippen molar-refractivity contribution in [1.82, 2.24) is 19.5 Å². The van der Waals surface area contributed by atoms with Gasteiger partial charge in [0, 0.05) is 7.11 Å². The number of aliphatic hydroxyl groups is 2. The maximum Gasteiger partial charge on any atom is 0.176 e. The number of imidazole rings is 1. The fourth-order valence-electron chi connectivity index (χ4n) is 3.96. The molecule has 0 radical (unpaired) electrons. The van der Waals surface area contributed by atoms with E-state index in [1.807, 2.05) is 0 Å². The van der Waals surface area contributed by atoms with Gasteiger partial charge in [0.2, 0.25) is 0 Å². The van der Waals surface area contributed by atoms with Crippen LogP contribution in [0.5, 0.6) is 0 Å². The number of nitrogen functional groups attached to an aromatic ring is 1. The van der Waals surface area contributed by atoms with Crippen molar-refractivity contribution in [3.8, 4) is 0 Å². The standard InChI is InChI=1S/C18H29N5O4/c1-3-4-5-6-7-8-18(15(26-2)14(25)12(9-24)27-18)23-11-22-13-16(19)20-10-21-17(13)23/h10-12,14-15,24-25H,3-9H2,1-2H3,(H2,19,20,21)/t12-,14-,15-,18-/m1/s1. The Morgan fingerprint density at radius 3 is 2.74 bits per heavy atom. The Labute approximate surface area is 158 Å². The number of unbranched alkanes of at least 4 members (excludes halogenated alkanes) is 4. The van der Waals surface area contributed by atoms with Gasteiger partial charge in [-0.25, -0.2) is 15.0 Å². The van der Waals surface area contributed by atoms with Crippen LogP contribution in [0.3, 0.4) is 0 Å². The van der Waals surface area contributed by atoms with Crippen molar-refractivity contribution in [3.05, 3.63) is 12.7 Å². The smallest absolute Gasteiger partial charge is 0.176 e. The molecule has 9 heteroatoms. The first-order chi connectivity index (χ1) is 13.1. The lowest BCUT2D eigenvalue weighted by atomic mass is 9.95. The molecule has 0 saturated carbocycles. The second kappa shape index (κ2) is 8.47. The molecule has 0 spiro atoms. The molecule has 1 saturated heterocycles. The Bertz CT molecular complexity index is 754. The molecular weight excluding hydrogens is 350 g/mol. The van der Waals surface area contributed by atoms with E-state index in [9.17, 15) is 10.2 Å². The van der Waals surface area contributed by atoms with Crippen LogP contribution >= 0.6 is 0 Å². The Kier molecular flexibility index (Phi) is 6.25. The van der Waals surface area contributed by atoms with Crippen molar-refractivity contribution >= 4 is 17.0 Å². The van der Waals surface area contributed by atoms with Crippen molar-refractivity contribution in [3.63, 3.8) is 0 Å². The Balaban J connectivity index is 2.00. The molecule has 1 fully saturated rings. The first-order valence-electron chi connectivity index (χ1n) is 9.52. The maximum atomic E-state index is 10.6. The number of anilines is 1. The van der Waals surface area contributed by atoms with Crippen LogP contribution in [0.2, 0.25) is 0 Å². The summed E-state index contributed by atoms with van der Waals surface area (Å²) in [5, 5.41) is 20.3. The summed E-state index contributed by atoms with van der Waals surface area (Å²) < 4.78 is 13.6. The molecule has 9 nitrogen and oxygen atoms in total. The summed E-state index contributed by atoms with van der Waals surface area (Å²) in [5.41, 5.74) is 5.89. The summed E-state index contributed by atoms with van der Waals surface area (Å²) in [6, 6.07) is 0. The lowest BCUT2D eigenvalue weighted by molar-refractivity contribution is -0.159. The Morgan fingerprint density at radius 1 is 1.26 bits per heavy atom. The SMILES string of the molecule is CCCCCCC[C@@]1(n2cnc3c(N)ncnc32)O[C@H](CO)[C@@H](O)[C@H]1OC. The fourth-order valence-corrected chi connectivity index (χ4v) is 3.96. The highest BCUT2D eigenvalue weighted by Gasteiger charge is 2.56. The molecule has 0 unspecified atom stereocenters. The number of ether oxygens (including phenoxy) is 2. The van der Waals surface area contributed by atoms with Crippen LogP contribution in [0.4, 0.5) is 5.82 Å². The molecule has 1 aliphatic heterocycles. The summed E-state index contributed by atoms with van der Waals surface area (Å²) in [6.45, 7) is 1.87. The van der Waals surface area contributed by atoms with E-state index in [1.165, 1.54) is 19.9 Å². The fraction of sp³-hybridized carbons (Fsp3) is 0.722. The minimum Gasteiger partial charge on any atom is -0.394 e. The number of fused-ring (bicyclic) bond motifs is 1. The van der Waals surface area contributed by atoms with Crippen LogP contribution in [-0.2, 0) is 15.2 Å². The molecule has 0 aliphatic carbocycles. The summed E-state index contributed by atoms with van der Waals surface area (Å²) in [4.78, 5) is 12.6. The van der Waals surface area contributed by atoms with E-state index in [1.54, 1.807) is 10.9 Å². The molecule has 0 aromatic carbocycles. The average molecular weight is 379 g/mol. The zero-order chi connectivity index (χ0) is 19.4. The van der Waals surface area contributed by atoms with E-state index in [2.05, 4.69) is 21.9 Å². The van der Waals surface area contributed by atoms with Crippen LogP contribution in [0, 0.1) is 0 Å². The van der Waals surface area contributed by atoms with Gasteiger partial charge >= 0.3 is 0 Å². The molecule has 3 heterocycles. The third-order valence-electron chi connectivity index (χ3n) is 5.33. The quantitative estimate of drug-likeness (QED) is 0.554. The second-order valence-corrected chi connectivity index (χ2v) is 7.04. The highest BCUT2D eigenvalue weighted by molar-refractivity contribution is 5.81. The van der Waals surface area contributed by atoms with E-state index < -0.39 is 24.0 Å². The molecule has 3 rings (SSSR count). The molecule has 2 aromatic heterocycles. The van der Waals surface area contributed by atoms with E-state index in [0.29, 0.717) is 17.6 Å². The summed E-state index contributed by atoms with van der Waals surface area (Å²) >= 11 is 0. The van der Waals surface area contributed by atoms with Gasteiger partial charge in [-0.05, 0) is 12.8 Å². The number of rotatable bonds is 9. The third-order valence-corrected chi connectivity index (χ3v) is 5.33. The predicted octanol–water partition coefficient (Wildman–Crippen LogP) is 1.19. The van der Waals surface area contributed by atoms with Gasteiger partial charge in [0.05, 0.1) is 12.9 Å². The number of nitrogens with zero attached hydrogens (tertiary/aromatic N) is 4. The van der Waals surface area contributed by atoms with Gasteiger partial charge in [-0.15, -0.1) is 0 Å². The molecule has 0 amide bonds. The van der Waals surface area contributed by atoms with Gasteiger partial charge in [-0.2, -0.15) is 0 Å². The summed E-state index contributed by atoms with van der Waals surface area (Å²) in [5.74, 6) is 0.281. The largest absolute Gasteiger partial charge is 0.394 e. The first kappa shape index (κ1) is 19.9.